The number of carbonyl (C=O) groups is 3. The summed E-state index contributed by atoms with van der Waals surface area (Å²) >= 11 is 0. The molecule has 32 heavy (non-hydrogen) atoms. The van der Waals surface area contributed by atoms with Gasteiger partial charge in [-0.15, -0.1) is 0 Å². The summed E-state index contributed by atoms with van der Waals surface area (Å²) in [5.41, 5.74) is 1.02. The number of hydrogen-bond acceptors (Lipinski definition) is 7. The maximum atomic E-state index is 13.3. The molecule has 3 saturated heterocycles. The van der Waals surface area contributed by atoms with Crippen LogP contribution in [-0.2, 0) is 14.3 Å². The van der Waals surface area contributed by atoms with Crippen LogP contribution in [0.5, 0.6) is 0 Å². The van der Waals surface area contributed by atoms with Gasteiger partial charge in [-0.25, -0.2) is 5.01 Å². The molecule has 9 nitrogen and oxygen atoms in total. The second-order valence-corrected chi connectivity index (χ2v) is 8.34. The van der Waals surface area contributed by atoms with Crippen LogP contribution in [0.2, 0.25) is 0 Å². The quantitative estimate of drug-likeness (QED) is 0.178. The minimum Gasteiger partial charge on any atom is -0.365 e. The van der Waals surface area contributed by atoms with Crippen LogP contribution in [-0.4, -0.2) is 50.8 Å². The van der Waals surface area contributed by atoms with Gasteiger partial charge in [-0.1, -0.05) is 54.6 Å². The van der Waals surface area contributed by atoms with Crippen molar-refractivity contribution in [1.82, 2.24) is 10.0 Å². The Morgan fingerprint density at radius 1 is 0.906 bits per heavy atom. The molecule has 0 aliphatic carbocycles. The van der Waals surface area contributed by atoms with Crippen molar-refractivity contribution in [1.29, 1.82) is 0 Å². The van der Waals surface area contributed by atoms with Crippen molar-refractivity contribution < 1.29 is 24.0 Å². The number of rotatable bonds is 5. The number of ether oxygens (including phenoxy) is 1. The van der Waals surface area contributed by atoms with Gasteiger partial charge in [-0.05, 0) is 5.56 Å². The number of nitro benzene ring substituents is 1. The largest absolute Gasteiger partial charge is 0.365 e. The molecule has 4 heterocycles. The lowest BCUT2D eigenvalue weighted by Gasteiger charge is -2.19. The molecule has 0 N–H and O–H groups in total. The topological polar surface area (TPSA) is 110 Å². The molecular weight excluding hydrogens is 414 g/mol. The first kappa shape index (κ1) is 19.0. The van der Waals surface area contributed by atoms with Crippen molar-refractivity contribution in [3.8, 4) is 0 Å². The summed E-state index contributed by atoms with van der Waals surface area (Å²) in [5.74, 6) is -2.12. The van der Waals surface area contributed by atoms with Gasteiger partial charge < -0.3 is 4.74 Å². The third-order valence-electron chi connectivity index (χ3n) is 6.67. The lowest BCUT2D eigenvalue weighted by Crippen LogP contribution is -2.40. The fraction of sp³-hybridized carbons (Fsp3) is 0.261. The number of nitro groups is 1. The van der Waals surface area contributed by atoms with Crippen LogP contribution in [0.25, 0.3) is 0 Å². The number of ketones is 1. The summed E-state index contributed by atoms with van der Waals surface area (Å²) in [4.78, 5) is 50.3. The van der Waals surface area contributed by atoms with E-state index in [4.69, 9.17) is 4.74 Å². The van der Waals surface area contributed by atoms with Gasteiger partial charge in [0.2, 0.25) is 0 Å². The monoisotopic (exact) mass is 431 g/mol. The maximum Gasteiger partial charge on any atom is 0.269 e. The number of imide groups is 1. The second-order valence-electron chi connectivity index (χ2n) is 8.34. The van der Waals surface area contributed by atoms with Gasteiger partial charge in [-0.3, -0.25) is 24.5 Å². The highest BCUT2D eigenvalue weighted by atomic mass is 16.6. The SMILES string of the molecule is O=C(c1ccccc1)[C@@H]1[C@@H](c2ccc([N+](=O)[O-])cc2)N1N1C(=O)[C@@H]2[C@H](C1=O)[C@H]1C=C[C@@H]2O1. The Hall–Kier alpha value is -3.69. The van der Waals surface area contributed by atoms with Crippen molar-refractivity contribution in [2.45, 2.75) is 24.3 Å². The molecule has 2 bridgehead atoms. The van der Waals surface area contributed by atoms with E-state index in [1.807, 2.05) is 12.2 Å². The summed E-state index contributed by atoms with van der Waals surface area (Å²) in [5, 5.41) is 13.6. The lowest BCUT2D eigenvalue weighted by atomic mass is 9.85. The van der Waals surface area contributed by atoms with Gasteiger partial charge in [0, 0.05) is 17.7 Å². The molecule has 9 heteroatoms. The Kier molecular flexibility index (Phi) is 3.96. The molecule has 0 saturated carbocycles. The molecule has 0 aromatic heterocycles. The standard InChI is InChI=1S/C23H17N3O6/c27-21(13-4-2-1-3-5-13)20-19(12-6-8-14(9-7-12)26(30)31)24(20)25-22(28)17-15-10-11-16(32-15)18(17)23(25)29/h1-11,15-20H/t15-,16+,17-,18+,19-,20+,24?/m1/s1. The number of nitrogens with zero attached hydrogens (tertiary/aromatic N) is 3. The normalized spacial score (nSPS) is 34.1. The van der Waals surface area contributed by atoms with E-state index >= 15 is 0 Å². The number of fused-ring (bicyclic) bond motifs is 5. The van der Waals surface area contributed by atoms with Crippen LogP contribution in [0.3, 0.4) is 0 Å². The van der Waals surface area contributed by atoms with Crippen molar-refractivity contribution in [2.75, 3.05) is 0 Å². The molecule has 3 fully saturated rings. The number of Topliss-reactive ketones (excluding diaryl/α,β-unsaturated/α-hetero) is 1. The zero-order valence-corrected chi connectivity index (χ0v) is 16.6. The van der Waals surface area contributed by atoms with Gasteiger partial charge >= 0.3 is 0 Å². The predicted octanol–water partition coefficient (Wildman–Crippen LogP) is 2.06. The van der Waals surface area contributed by atoms with E-state index in [-0.39, 0.29) is 23.3 Å². The maximum absolute atomic E-state index is 13.3. The molecule has 6 rings (SSSR count). The molecule has 4 aliphatic rings. The number of hydrogen-bond donors (Lipinski definition) is 0. The second kappa shape index (κ2) is 6.65. The molecule has 2 amide bonds. The molecule has 0 radical (unpaired) electrons. The van der Waals surface area contributed by atoms with Crippen molar-refractivity contribution >= 4 is 23.3 Å². The molecule has 2 aromatic carbocycles. The molecule has 160 valence electrons. The van der Waals surface area contributed by atoms with E-state index in [0.717, 1.165) is 5.01 Å². The fourth-order valence-electron chi connectivity index (χ4n) is 5.15. The summed E-state index contributed by atoms with van der Waals surface area (Å²) in [7, 11) is 0. The first-order valence-electron chi connectivity index (χ1n) is 10.3. The Bertz CT molecular complexity index is 1160. The van der Waals surface area contributed by atoms with Crippen LogP contribution < -0.4 is 0 Å². The number of non-ortho nitro benzene ring substituents is 1. The molecule has 4 aliphatic heterocycles. The number of hydrazine groups is 1. The smallest absolute Gasteiger partial charge is 0.269 e. The highest BCUT2D eigenvalue weighted by molar-refractivity contribution is 6.08. The van der Waals surface area contributed by atoms with Crippen LogP contribution in [0.1, 0.15) is 22.0 Å². The van der Waals surface area contributed by atoms with Gasteiger partial charge in [0.15, 0.2) is 5.78 Å². The fourth-order valence-corrected chi connectivity index (χ4v) is 5.15. The summed E-state index contributed by atoms with van der Waals surface area (Å²) in [6.45, 7) is 0. The highest BCUT2D eigenvalue weighted by Crippen LogP contribution is 2.52. The van der Waals surface area contributed by atoms with Gasteiger partial charge in [-0.2, -0.15) is 5.01 Å². The van der Waals surface area contributed by atoms with E-state index in [1.54, 1.807) is 42.5 Å². The van der Waals surface area contributed by atoms with E-state index in [0.29, 0.717) is 11.1 Å². The van der Waals surface area contributed by atoms with E-state index in [1.165, 1.54) is 17.1 Å². The van der Waals surface area contributed by atoms with Crippen molar-refractivity contribution in [2.24, 2.45) is 11.8 Å². The van der Waals surface area contributed by atoms with Gasteiger partial charge in [0.05, 0.1) is 35.0 Å². The third kappa shape index (κ3) is 2.55. The first-order valence-corrected chi connectivity index (χ1v) is 10.3. The lowest BCUT2D eigenvalue weighted by molar-refractivity contribution is -0.384. The average molecular weight is 431 g/mol. The van der Waals surface area contributed by atoms with E-state index < -0.39 is 41.1 Å². The molecule has 0 spiro atoms. The zero-order valence-electron chi connectivity index (χ0n) is 16.6. The highest BCUT2D eigenvalue weighted by Gasteiger charge is 2.68. The predicted molar refractivity (Wildman–Crippen MR) is 109 cm³/mol. The van der Waals surface area contributed by atoms with Crippen molar-refractivity contribution in [3.05, 3.63) is 88.0 Å². The van der Waals surface area contributed by atoms with Gasteiger partial charge in [0.25, 0.3) is 17.5 Å². The molecular formula is C23H17N3O6. The summed E-state index contributed by atoms with van der Waals surface area (Å²) in [6.07, 6.45) is 2.77. The Labute approximate surface area is 182 Å². The van der Waals surface area contributed by atoms with Crippen LogP contribution in [0, 0.1) is 22.0 Å². The van der Waals surface area contributed by atoms with Crippen LogP contribution >= 0.6 is 0 Å². The third-order valence-corrected chi connectivity index (χ3v) is 6.67. The minimum atomic E-state index is -0.753. The Morgan fingerprint density at radius 2 is 1.50 bits per heavy atom. The molecule has 7 atom stereocenters. The van der Waals surface area contributed by atoms with Gasteiger partial charge in [0.1, 0.15) is 6.04 Å². The summed E-state index contributed by atoms with van der Waals surface area (Å²) in [6, 6.07) is 13.2. The van der Waals surface area contributed by atoms with E-state index in [9.17, 15) is 24.5 Å². The zero-order chi connectivity index (χ0) is 22.1. The number of carbonyl (C=O) groups excluding carboxylic acids is 3. The van der Waals surface area contributed by atoms with Crippen LogP contribution in [0.4, 0.5) is 5.69 Å². The Balaban J connectivity index is 1.36. The van der Waals surface area contributed by atoms with Crippen molar-refractivity contribution in [3.63, 3.8) is 0 Å². The van der Waals surface area contributed by atoms with Crippen LogP contribution in [0.15, 0.2) is 66.7 Å². The Morgan fingerprint density at radius 3 is 2.06 bits per heavy atom. The number of benzene rings is 2. The molecule has 1 unspecified atom stereocenters. The first-order chi connectivity index (χ1) is 15.5. The summed E-state index contributed by atoms with van der Waals surface area (Å²) < 4.78 is 5.69. The average Bonchev–Trinajstić information content (AvgIpc) is 3.08. The van der Waals surface area contributed by atoms with E-state index in [2.05, 4.69) is 0 Å². The minimum absolute atomic E-state index is 0.0745. The number of amides is 2. The molecule has 2 aromatic rings.